The highest BCUT2D eigenvalue weighted by atomic mass is 35.5. The monoisotopic (exact) mass is 226 g/mol. The molecule has 0 spiro atoms. The second-order valence-corrected chi connectivity index (χ2v) is 4.35. The highest BCUT2D eigenvalue weighted by Crippen LogP contribution is 2.34. The fourth-order valence-corrected chi connectivity index (χ4v) is 2.51. The summed E-state index contributed by atoms with van der Waals surface area (Å²) in [6, 6.07) is 5.91. The fourth-order valence-electron chi connectivity index (χ4n) is 1.35. The fraction of sp³-hybridized carbons (Fsp3) is 0.300. The van der Waals surface area contributed by atoms with Crippen molar-refractivity contribution in [1.82, 2.24) is 4.37 Å². The molecule has 0 saturated heterocycles. The van der Waals surface area contributed by atoms with E-state index in [9.17, 15) is 0 Å². The first-order chi connectivity index (χ1) is 6.74. The molecule has 0 aliphatic carbocycles. The van der Waals surface area contributed by atoms with Gasteiger partial charge in [0.25, 0.3) is 0 Å². The first-order valence-corrected chi connectivity index (χ1v) is 5.64. The molecule has 0 N–H and O–H groups in total. The Morgan fingerprint density at radius 3 is 3.00 bits per heavy atom. The second-order valence-electron chi connectivity index (χ2n) is 3.13. The Labute approximate surface area is 92.3 Å². The van der Waals surface area contributed by atoms with E-state index in [0.717, 1.165) is 27.5 Å². The molecule has 0 radical (unpaired) electrons. The summed E-state index contributed by atoms with van der Waals surface area (Å²) in [4.78, 5) is 2.10. The molecule has 14 heavy (non-hydrogen) atoms. The van der Waals surface area contributed by atoms with Crippen LogP contribution in [0.2, 0.25) is 5.02 Å². The van der Waals surface area contributed by atoms with Gasteiger partial charge in [-0.2, -0.15) is 4.37 Å². The first-order valence-electron chi connectivity index (χ1n) is 4.49. The van der Waals surface area contributed by atoms with Gasteiger partial charge in [0.1, 0.15) is 0 Å². The van der Waals surface area contributed by atoms with Crippen LogP contribution in [0, 0.1) is 0 Å². The normalized spacial score (nSPS) is 10.8. The van der Waals surface area contributed by atoms with Gasteiger partial charge in [-0.3, -0.25) is 0 Å². The third-order valence-corrected chi connectivity index (χ3v) is 3.38. The van der Waals surface area contributed by atoms with Gasteiger partial charge in [-0.1, -0.05) is 17.7 Å². The Morgan fingerprint density at radius 1 is 1.50 bits per heavy atom. The number of fused-ring (bicyclic) bond motifs is 1. The van der Waals surface area contributed by atoms with E-state index in [-0.39, 0.29) is 0 Å². The van der Waals surface area contributed by atoms with Crippen LogP contribution in [0.1, 0.15) is 6.92 Å². The van der Waals surface area contributed by atoms with Gasteiger partial charge in [0.05, 0.1) is 15.1 Å². The molecule has 1 aromatic carbocycles. The van der Waals surface area contributed by atoms with Crippen LogP contribution in [0.25, 0.3) is 10.1 Å². The minimum Gasteiger partial charge on any atom is -0.359 e. The molecule has 4 heteroatoms. The predicted octanol–water partition coefficient (Wildman–Crippen LogP) is 3.41. The lowest BCUT2D eigenvalue weighted by Gasteiger charge is -2.13. The minimum absolute atomic E-state index is 0.784. The summed E-state index contributed by atoms with van der Waals surface area (Å²) in [5.41, 5.74) is 0. The molecule has 1 aromatic heterocycles. The molecule has 0 unspecified atom stereocenters. The van der Waals surface area contributed by atoms with Gasteiger partial charge in [0.15, 0.2) is 5.82 Å². The highest BCUT2D eigenvalue weighted by molar-refractivity contribution is 7.13. The number of rotatable bonds is 2. The van der Waals surface area contributed by atoms with Crippen LogP contribution in [-0.4, -0.2) is 18.0 Å². The van der Waals surface area contributed by atoms with E-state index < -0.39 is 0 Å². The van der Waals surface area contributed by atoms with Crippen LogP contribution in [0.15, 0.2) is 18.2 Å². The summed E-state index contributed by atoms with van der Waals surface area (Å²) in [5, 5.41) is 1.86. The predicted molar refractivity (Wildman–Crippen MR) is 63.6 cm³/mol. The molecule has 0 fully saturated rings. The van der Waals surface area contributed by atoms with Crippen LogP contribution in [0.4, 0.5) is 5.82 Å². The Morgan fingerprint density at radius 2 is 2.29 bits per heavy atom. The molecular weight excluding hydrogens is 216 g/mol. The Kier molecular flexibility index (Phi) is 2.61. The standard InChI is InChI=1S/C10H11ClN2S/c1-3-13(2)10-9-7(11)5-4-6-8(9)14-12-10/h4-6H,3H2,1-2H3. The third-order valence-electron chi connectivity index (χ3n) is 2.27. The SMILES string of the molecule is CCN(C)c1nsc2cccc(Cl)c12. The second kappa shape index (κ2) is 3.75. The van der Waals surface area contributed by atoms with E-state index in [4.69, 9.17) is 11.6 Å². The van der Waals surface area contributed by atoms with Crippen LogP contribution < -0.4 is 4.90 Å². The van der Waals surface area contributed by atoms with Gasteiger partial charge < -0.3 is 4.90 Å². The average molecular weight is 227 g/mol. The third kappa shape index (κ3) is 1.47. The minimum atomic E-state index is 0.784. The molecule has 2 nitrogen and oxygen atoms in total. The number of aromatic nitrogens is 1. The van der Waals surface area contributed by atoms with Crippen molar-refractivity contribution < 1.29 is 0 Å². The van der Waals surface area contributed by atoms with Crippen molar-refractivity contribution in [3.8, 4) is 0 Å². The van der Waals surface area contributed by atoms with Gasteiger partial charge in [-0.25, -0.2) is 0 Å². The van der Waals surface area contributed by atoms with Gasteiger partial charge in [-0.05, 0) is 30.6 Å². The van der Waals surface area contributed by atoms with Crippen LogP contribution in [0.5, 0.6) is 0 Å². The topological polar surface area (TPSA) is 16.1 Å². The number of anilines is 1. The van der Waals surface area contributed by atoms with Crippen LogP contribution in [-0.2, 0) is 0 Å². The molecule has 1 heterocycles. The summed E-state index contributed by atoms with van der Waals surface area (Å²) in [6.07, 6.45) is 0. The van der Waals surface area contributed by atoms with Gasteiger partial charge >= 0.3 is 0 Å². The molecule has 2 rings (SSSR count). The molecule has 0 aliphatic heterocycles. The van der Waals surface area contributed by atoms with Crippen molar-refractivity contribution in [3.05, 3.63) is 23.2 Å². The molecule has 74 valence electrons. The number of hydrogen-bond donors (Lipinski definition) is 0. The van der Waals surface area contributed by atoms with Crippen LogP contribution in [0.3, 0.4) is 0 Å². The zero-order valence-electron chi connectivity index (χ0n) is 8.12. The summed E-state index contributed by atoms with van der Waals surface area (Å²) < 4.78 is 5.56. The van der Waals surface area contributed by atoms with E-state index in [1.165, 1.54) is 11.5 Å². The zero-order valence-corrected chi connectivity index (χ0v) is 9.69. The van der Waals surface area contributed by atoms with Crippen molar-refractivity contribution in [3.63, 3.8) is 0 Å². The van der Waals surface area contributed by atoms with Crippen molar-refractivity contribution in [2.75, 3.05) is 18.5 Å². The summed E-state index contributed by atoms with van der Waals surface area (Å²) in [7, 11) is 2.03. The molecular formula is C10H11ClN2S. The van der Waals surface area contributed by atoms with E-state index >= 15 is 0 Å². The maximum absolute atomic E-state index is 6.14. The van der Waals surface area contributed by atoms with E-state index in [2.05, 4.69) is 16.2 Å². The number of hydrogen-bond acceptors (Lipinski definition) is 3. The van der Waals surface area contributed by atoms with Crippen LogP contribution >= 0.6 is 23.1 Å². The molecule has 0 aliphatic rings. The lowest BCUT2D eigenvalue weighted by Crippen LogP contribution is -2.16. The molecule has 0 saturated carbocycles. The maximum atomic E-state index is 6.14. The Balaban J connectivity index is 2.67. The van der Waals surface area contributed by atoms with Crippen molar-refractivity contribution in [1.29, 1.82) is 0 Å². The summed E-state index contributed by atoms with van der Waals surface area (Å²) in [5.74, 6) is 0.984. The quantitative estimate of drug-likeness (QED) is 0.780. The van der Waals surface area contributed by atoms with E-state index in [1.807, 2.05) is 25.2 Å². The lowest BCUT2D eigenvalue weighted by atomic mass is 10.2. The molecule has 2 aromatic rings. The van der Waals surface area contributed by atoms with Crippen molar-refractivity contribution in [2.24, 2.45) is 0 Å². The van der Waals surface area contributed by atoms with Gasteiger partial charge in [0, 0.05) is 13.6 Å². The Hall–Kier alpha value is -0.800. The first kappa shape index (κ1) is 9.74. The maximum Gasteiger partial charge on any atom is 0.151 e. The zero-order chi connectivity index (χ0) is 10.1. The number of benzene rings is 1. The highest BCUT2D eigenvalue weighted by Gasteiger charge is 2.11. The van der Waals surface area contributed by atoms with E-state index in [0.29, 0.717) is 0 Å². The Bertz CT molecular complexity index is 452. The average Bonchev–Trinajstić information content (AvgIpc) is 2.62. The van der Waals surface area contributed by atoms with Crippen molar-refractivity contribution >= 4 is 39.0 Å². The largest absolute Gasteiger partial charge is 0.359 e. The molecule has 0 amide bonds. The van der Waals surface area contributed by atoms with Gasteiger partial charge in [0.2, 0.25) is 0 Å². The van der Waals surface area contributed by atoms with Crippen molar-refractivity contribution in [2.45, 2.75) is 6.92 Å². The van der Waals surface area contributed by atoms with Gasteiger partial charge in [-0.15, -0.1) is 0 Å². The molecule has 0 atom stereocenters. The number of nitrogens with zero attached hydrogens (tertiary/aromatic N) is 2. The van der Waals surface area contributed by atoms with E-state index in [1.54, 1.807) is 0 Å². The summed E-state index contributed by atoms with van der Waals surface area (Å²) >= 11 is 7.64. The molecule has 0 bridgehead atoms. The smallest absolute Gasteiger partial charge is 0.151 e. The summed E-state index contributed by atoms with van der Waals surface area (Å²) in [6.45, 7) is 3.03. The number of halogens is 1. The lowest BCUT2D eigenvalue weighted by molar-refractivity contribution is 0.958.